The largest absolute Gasteiger partial charge is 0.481 e. The average Bonchev–Trinajstić information content (AvgIpc) is 2.70. The van der Waals surface area contributed by atoms with Gasteiger partial charge in [-0.2, -0.15) is 0 Å². The Kier molecular flexibility index (Phi) is 3.84. The molecular weight excluding hydrogens is 230 g/mol. The van der Waals surface area contributed by atoms with Gasteiger partial charge in [0.15, 0.2) is 5.78 Å². The van der Waals surface area contributed by atoms with Gasteiger partial charge in [0, 0.05) is 23.7 Å². The third kappa shape index (κ3) is 2.63. The van der Waals surface area contributed by atoms with Crippen LogP contribution in [0.25, 0.3) is 0 Å². The Morgan fingerprint density at radius 3 is 2.50 bits per heavy atom. The molecule has 1 saturated carbocycles. The first-order chi connectivity index (χ1) is 8.61. The van der Waals surface area contributed by atoms with Gasteiger partial charge in [-0.05, 0) is 32.1 Å². The number of nitrogens with one attached hydrogen (secondary N) is 1. The summed E-state index contributed by atoms with van der Waals surface area (Å²) in [6, 6.07) is 0.302. The number of aliphatic carboxylic acids is 1. The Labute approximate surface area is 107 Å². The van der Waals surface area contributed by atoms with E-state index in [4.69, 9.17) is 5.11 Å². The fraction of sp³-hybridized carbons (Fsp3) is 0.571. The minimum Gasteiger partial charge on any atom is -0.481 e. The van der Waals surface area contributed by atoms with E-state index in [1.807, 2.05) is 0 Å². The van der Waals surface area contributed by atoms with E-state index in [-0.39, 0.29) is 11.7 Å². The summed E-state index contributed by atoms with van der Waals surface area (Å²) in [5.41, 5.74) is 1.71. The van der Waals surface area contributed by atoms with Crippen LogP contribution in [0.4, 0.5) is 0 Å². The van der Waals surface area contributed by atoms with Crippen LogP contribution in [0.3, 0.4) is 0 Å². The van der Waals surface area contributed by atoms with Crippen molar-refractivity contribution in [3.05, 3.63) is 23.9 Å². The monoisotopic (exact) mass is 249 g/mol. The summed E-state index contributed by atoms with van der Waals surface area (Å²) >= 11 is 0. The van der Waals surface area contributed by atoms with Crippen LogP contribution in [0.1, 0.15) is 38.5 Å². The summed E-state index contributed by atoms with van der Waals surface area (Å²) in [7, 11) is 0. The number of Topliss-reactive ketones (excluding diaryl/α,β-unsaturated/α-hetero) is 1. The molecule has 18 heavy (non-hydrogen) atoms. The molecule has 2 aliphatic rings. The zero-order valence-electron chi connectivity index (χ0n) is 10.4. The summed E-state index contributed by atoms with van der Waals surface area (Å²) < 4.78 is 0. The SMILES string of the molecule is C=CC1=C(NC2CCC(C(=O)O)CC2)CCC1=O. The Hall–Kier alpha value is -1.58. The van der Waals surface area contributed by atoms with Gasteiger partial charge in [-0.3, -0.25) is 9.59 Å². The van der Waals surface area contributed by atoms with E-state index in [2.05, 4.69) is 11.9 Å². The molecule has 0 aliphatic heterocycles. The zero-order chi connectivity index (χ0) is 13.1. The van der Waals surface area contributed by atoms with Crippen molar-refractivity contribution in [2.24, 2.45) is 5.92 Å². The topological polar surface area (TPSA) is 66.4 Å². The third-order valence-corrected chi connectivity index (χ3v) is 3.89. The van der Waals surface area contributed by atoms with Crippen molar-refractivity contribution in [3.63, 3.8) is 0 Å². The van der Waals surface area contributed by atoms with Gasteiger partial charge < -0.3 is 10.4 Å². The molecule has 0 bridgehead atoms. The number of rotatable bonds is 4. The highest BCUT2D eigenvalue weighted by molar-refractivity contribution is 6.01. The Bertz CT molecular complexity index is 403. The lowest BCUT2D eigenvalue weighted by molar-refractivity contribution is -0.142. The van der Waals surface area contributed by atoms with Crippen molar-refractivity contribution in [1.29, 1.82) is 0 Å². The van der Waals surface area contributed by atoms with Gasteiger partial charge in [0.1, 0.15) is 0 Å². The van der Waals surface area contributed by atoms with Crippen molar-refractivity contribution in [2.75, 3.05) is 0 Å². The molecule has 4 heteroatoms. The number of allylic oxidation sites excluding steroid dienone is 3. The predicted molar refractivity (Wildman–Crippen MR) is 68.0 cm³/mol. The first-order valence-electron chi connectivity index (χ1n) is 6.50. The smallest absolute Gasteiger partial charge is 0.306 e. The summed E-state index contributed by atoms with van der Waals surface area (Å²) in [6.45, 7) is 3.68. The second-order valence-corrected chi connectivity index (χ2v) is 5.05. The Morgan fingerprint density at radius 2 is 1.94 bits per heavy atom. The number of carbonyl (C=O) groups excluding carboxylic acids is 1. The average molecular weight is 249 g/mol. The predicted octanol–water partition coefficient (Wildman–Crippen LogP) is 2.02. The van der Waals surface area contributed by atoms with Gasteiger partial charge in [-0.1, -0.05) is 12.7 Å². The quantitative estimate of drug-likeness (QED) is 0.800. The molecule has 0 heterocycles. The first-order valence-corrected chi connectivity index (χ1v) is 6.50. The van der Waals surface area contributed by atoms with Crippen molar-refractivity contribution in [2.45, 2.75) is 44.6 Å². The third-order valence-electron chi connectivity index (χ3n) is 3.89. The highest BCUT2D eigenvalue weighted by Crippen LogP contribution is 2.28. The number of ketones is 1. The summed E-state index contributed by atoms with van der Waals surface area (Å²) in [5, 5.41) is 12.3. The Balaban J connectivity index is 1.92. The normalized spacial score (nSPS) is 28.3. The van der Waals surface area contributed by atoms with Crippen LogP contribution in [0.2, 0.25) is 0 Å². The van der Waals surface area contributed by atoms with Crippen LogP contribution in [0.5, 0.6) is 0 Å². The molecule has 2 N–H and O–H groups in total. The molecule has 4 nitrogen and oxygen atoms in total. The van der Waals surface area contributed by atoms with Crippen molar-refractivity contribution >= 4 is 11.8 Å². The number of hydrogen-bond donors (Lipinski definition) is 2. The van der Waals surface area contributed by atoms with E-state index >= 15 is 0 Å². The van der Waals surface area contributed by atoms with Gasteiger partial charge in [0.25, 0.3) is 0 Å². The maximum Gasteiger partial charge on any atom is 0.306 e. The standard InChI is InChI=1S/C14H19NO3/c1-2-11-12(7-8-13(11)16)15-10-5-3-9(4-6-10)14(17)18/h2,9-10,15H,1,3-8H2,(H,17,18). The number of carboxylic acids is 1. The van der Waals surface area contributed by atoms with E-state index in [9.17, 15) is 9.59 Å². The molecule has 0 atom stereocenters. The van der Waals surface area contributed by atoms with E-state index in [0.29, 0.717) is 12.5 Å². The molecule has 0 saturated heterocycles. The number of carboxylic acid groups (broad SMARTS) is 1. The molecule has 0 spiro atoms. The fourth-order valence-corrected chi connectivity index (χ4v) is 2.79. The van der Waals surface area contributed by atoms with E-state index in [1.54, 1.807) is 6.08 Å². The van der Waals surface area contributed by atoms with E-state index < -0.39 is 5.97 Å². The summed E-state index contributed by atoms with van der Waals surface area (Å²) in [5.74, 6) is -0.719. The van der Waals surface area contributed by atoms with Gasteiger partial charge in [-0.25, -0.2) is 0 Å². The van der Waals surface area contributed by atoms with Crippen LogP contribution in [0.15, 0.2) is 23.9 Å². The number of hydrogen-bond acceptors (Lipinski definition) is 3. The van der Waals surface area contributed by atoms with Crippen molar-refractivity contribution in [1.82, 2.24) is 5.32 Å². The van der Waals surface area contributed by atoms with Crippen molar-refractivity contribution in [3.8, 4) is 0 Å². The van der Waals surface area contributed by atoms with Crippen LogP contribution < -0.4 is 5.32 Å². The lowest BCUT2D eigenvalue weighted by Gasteiger charge is -2.28. The van der Waals surface area contributed by atoms with Crippen LogP contribution in [-0.2, 0) is 9.59 Å². The fourth-order valence-electron chi connectivity index (χ4n) is 2.79. The second-order valence-electron chi connectivity index (χ2n) is 5.05. The van der Waals surface area contributed by atoms with E-state index in [0.717, 1.165) is 43.4 Å². The molecule has 0 aromatic heterocycles. The molecule has 0 radical (unpaired) electrons. The zero-order valence-corrected chi connectivity index (χ0v) is 10.4. The maximum atomic E-state index is 11.6. The molecule has 0 amide bonds. The maximum absolute atomic E-state index is 11.6. The van der Waals surface area contributed by atoms with Crippen LogP contribution >= 0.6 is 0 Å². The molecule has 1 fully saturated rings. The molecular formula is C14H19NO3. The number of carbonyl (C=O) groups is 2. The molecule has 2 aliphatic carbocycles. The van der Waals surface area contributed by atoms with Gasteiger partial charge in [0.05, 0.1) is 5.92 Å². The lowest BCUT2D eigenvalue weighted by atomic mass is 9.86. The molecule has 2 rings (SSSR count). The lowest BCUT2D eigenvalue weighted by Crippen LogP contribution is -2.34. The summed E-state index contributed by atoms with van der Waals surface area (Å²) in [4.78, 5) is 22.4. The summed E-state index contributed by atoms with van der Waals surface area (Å²) in [6.07, 6.45) is 6.11. The van der Waals surface area contributed by atoms with Gasteiger partial charge in [0.2, 0.25) is 0 Å². The van der Waals surface area contributed by atoms with Crippen molar-refractivity contribution < 1.29 is 14.7 Å². The minimum atomic E-state index is -0.685. The van der Waals surface area contributed by atoms with Crippen LogP contribution in [0, 0.1) is 5.92 Å². The second kappa shape index (κ2) is 5.38. The molecule has 0 aromatic carbocycles. The molecule has 98 valence electrons. The van der Waals surface area contributed by atoms with Crippen LogP contribution in [-0.4, -0.2) is 22.9 Å². The molecule has 0 unspecified atom stereocenters. The van der Waals surface area contributed by atoms with Gasteiger partial charge in [-0.15, -0.1) is 0 Å². The Morgan fingerprint density at radius 1 is 1.28 bits per heavy atom. The molecule has 0 aromatic rings. The van der Waals surface area contributed by atoms with E-state index in [1.165, 1.54) is 0 Å². The highest BCUT2D eigenvalue weighted by atomic mass is 16.4. The van der Waals surface area contributed by atoms with Gasteiger partial charge >= 0.3 is 5.97 Å². The first kappa shape index (κ1) is 12.9. The minimum absolute atomic E-state index is 0.159. The highest BCUT2D eigenvalue weighted by Gasteiger charge is 2.28.